The average molecular weight is 346 g/mol. The van der Waals surface area contributed by atoms with Crippen molar-refractivity contribution in [2.75, 3.05) is 13.1 Å². The van der Waals surface area contributed by atoms with Crippen molar-refractivity contribution >= 4 is 17.0 Å². The lowest BCUT2D eigenvalue weighted by Crippen LogP contribution is -2.33. The van der Waals surface area contributed by atoms with Crippen molar-refractivity contribution in [3.05, 3.63) is 71.9 Å². The van der Waals surface area contributed by atoms with Crippen LogP contribution in [0, 0.1) is 11.8 Å². The van der Waals surface area contributed by atoms with Crippen molar-refractivity contribution < 1.29 is 9.53 Å². The van der Waals surface area contributed by atoms with Crippen LogP contribution in [0.5, 0.6) is 0 Å². The van der Waals surface area contributed by atoms with Gasteiger partial charge in [0.25, 0.3) is 0 Å². The molecule has 4 heteroatoms. The summed E-state index contributed by atoms with van der Waals surface area (Å²) >= 11 is 0. The molecule has 2 heterocycles. The smallest absolute Gasteiger partial charge is 0.410 e. The highest BCUT2D eigenvalue weighted by atomic mass is 16.6. The summed E-state index contributed by atoms with van der Waals surface area (Å²) in [6, 6.07) is 18.7. The Labute approximate surface area is 152 Å². The highest BCUT2D eigenvalue weighted by Gasteiger charge is 2.49. The molecular weight excluding hydrogens is 324 g/mol. The molecule has 5 rings (SSSR count). The maximum Gasteiger partial charge on any atom is 0.410 e. The number of H-pyrrole nitrogens is 1. The molecule has 132 valence electrons. The van der Waals surface area contributed by atoms with E-state index in [-0.39, 0.29) is 6.09 Å². The van der Waals surface area contributed by atoms with Crippen LogP contribution in [0.1, 0.15) is 23.5 Å². The number of amides is 1. The Hall–Kier alpha value is -2.75. The van der Waals surface area contributed by atoms with Crippen LogP contribution in [0.3, 0.4) is 0 Å². The molecule has 3 atom stereocenters. The number of aromatic nitrogens is 1. The number of likely N-dealkylation sites (tertiary alicyclic amines) is 1. The van der Waals surface area contributed by atoms with Crippen LogP contribution < -0.4 is 0 Å². The fraction of sp³-hybridized carbons (Fsp3) is 0.318. The third-order valence-electron chi connectivity index (χ3n) is 6.04. The Bertz CT molecular complexity index is 933. The van der Waals surface area contributed by atoms with E-state index < -0.39 is 0 Å². The van der Waals surface area contributed by atoms with Crippen LogP contribution in [0.2, 0.25) is 0 Å². The van der Waals surface area contributed by atoms with Crippen molar-refractivity contribution in [1.29, 1.82) is 0 Å². The third kappa shape index (κ3) is 2.66. The van der Waals surface area contributed by atoms with Crippen molar-refractivity contribution in [2.45, 2.75) is 18.9 Å². The summed E-state index contributed by atoms with van der Waals surface area (Å²) in [5.41, 5.74) is 3.61. The van der Waals surface area contributed by atoms with E-state index in [4.69, 9.17) is 4.74 Å². The van der Waals surface area contributed by atoms with E-state index in [1.165, 1.54) is 22.9 Å². The van der Waals surface area contributed by atoms with Gasteiger partial charge in [-0.1, -0.05) is 42.5 Å². The van der Waals surface area contributed by atoms with E-state index in [0.29, 0.717) is 24.4 Å². The summed E-state index contributed by atoms with van der Waals surface area (Å²) < 4.78 is 5.51. The van der Waals surface area contributed by atoms with Gasteiger partial charge < -0.3 is 14.6 Å². The number of rotatable bonds is 3. The predicted octanol–water partition coefficient (Wildman–Crippen LogP) is 4.54. The van der Waals surface area contributed by atoms with E-state index in [2.05, 4.69) is 29.2 Å². The number of carbonyl (C=O) groups is 1. The summed E-state index contributed by atoms with van der Waals surface area (Å²) in [5.74, 6) is 1.73. The van der Waals surface area contributed by atoms with Gasteiger partial charge in [0, 0.05) is 24.8 Å². The molecule has 3 aromatic rings. The van der Waals surface area contributed by atoms with E-state index >= 15 is 0 Å². The molecule has 1 amide bonds. The van der Waals surface area contributed by atoms with Crippen LogP contribution in [0.25, 0.3) is 10.9 Å². The van der Waals surface area contributed by atoms with E-state index in [0.717, 1.165) is 18.7 Å². The molecule has 0 unspecified atom stereocenters. The number of aromatic amines is 1. The minimum atomic E-state index is -0.179. The summed E-state index contributed by atoms with van der Waals surface area (Å²) in [6.07, 6.45) is 2.97. The molecule has 1 aromatic heterocycles. The van der Waals surface area contributed by atoms with Gasteiger partial charge in [-0.25, -0.2) is 4.79 Å². The highest BCUT2D eigenvalue weighted by Crippen LogP contribution is 2.51. The van der Waals surface area contributed by atoms with Gasteiger partial charge in [0.1, 0.15) is 6.61 Å². The van der Waals surface area contributed by atoms with Crippen LogP contribution in [0.4, 0.5) is 4.79 Å². The molecular formula is C22H22N2O2. The quantitative estimate of drug-likeness (QED) is 0.757. The summed E-state index contributed by atoms with van der Waals surface area (Å²) in [5, 5.41) is 1.25. The van der Waals surface area contributed by atoms with Crippen molar-refractivity contribution in [1.82, 2.24) is 9.88 Å². The zero-order chi connectivity index (χ0) is 17.5. The van der Waals surface area contributed by atoms with Crippen LogP contribution in [-0.4, -0.2) is 29.1 Å². The second-order valence-corrected chi connectivity index (χ2v) is 7.54. The summed E-state index contributed by atoms with van der Waals surface area (Å²) in [4.78, 5) is 17.6. The van der Waals surface area contributed by atoms with Gasteiger partial charge in [0.05, 0.1) is 0 Å². The van der Waals surface area contributed by atoms with Gasteiger partial charge in [0.2, 0.25) is 0 Å². The minimum Gasteiger partial charge on any atom is -0.445 e. The maximum absolute atomic E-state index is 12.4. The first-order chi connectivity index (χ1) is 12.8. The second-order valence-electron chi connectivity index (χ2n) is 7.54. The number of nitrogens with zero attached hydrogens (tertiary/aromatic N) is 1. The van der Waals surface area contributed by atoms with Gasteiger partial charge in [-0.2, -0.15) is 0 Å². The molecule has 2 fully saturated rings. The number of ether oxygens (including phenoxy) is 1. The van der Waals surface area contributed by atoms with Gasteiger partial charge in [0.15, 0.2) is 0 Å². The lowest BCUT2D eigenvalue weighted by molar-refractivity contribution is 0.103. The molecule has 4 nitrogen and oxygen atoms in total. The number of hydrogen-bond acceptors (Lipinski definition) is 2. The molecule has 1 aliphatic heterocycles. The third-order valence-corrected chi connectivity index (χ3v) is 6.04. The first-order valence-corrected chi connectivity index (χ1v) is 9.30. The molecule has 0 spiro atoms. The van der Waals surface area contributed by atoms with Gasteiger partial charge in [-0.05, 0) is 52.8 Å². The molecule has 1 saturated heterocycles. The lowest BCUT2D eigenvalue weighted by atomic mass is 9.64. The Kier molecular flexibility index (Phi) is 3.70. The van der Waals surface area contributed by atoms with Crippen LogP contribution >= 0.6 is 0 Å². The SMILES string of the molecule is O=C(OCc1ccccc1)N1C[C@H]2C[C@H](c3ccc4cc[nH]c4c3)[C@H]2C1. The Morgan fingerprint density at radius 3 is 2.88 bits per heavy atom. The Morgan fingerprint density at radius 2 is 2.00 bits per heavy atom. The number of fused-ring (bicyclic) bond motifs is 2. The zero-order valence-electron chi connectivity index (χ0n) is 14.6. The number of nitrogens with one attached hydrogen (secondary N) is 1. The topological polar surface area (TPSA) is 45.3 Å². The molecule has 0 bridgehead atoms. The molecule has 1 N–H and O–H groups in total. The molecule has 26 heavy (non-hydrogen) atoms. The van der Waals surface area contributed by atoms with Crippen molar-refractivity contribution in [3.63, 3.8) is 0 Å². The zero-order valence-corrected chi connectivity index (χ0v) is 14.6. The minimum absolute atomic E-state index is 0.179. The van der Waals surface area contributed by atoms with E-state index in [1.54, 1.807) is 0 Å². The van der Waals surface area contributed by atoms with E-state index in [9.17, 15) is 4.79 Å². The van der Waals surface area contributed by atoms with Crippen molar-refractivity contribution in [3.8, 4) is 0 Å². The van der Waals surface area contributed by atoms with E-state index in [1.807, 2.05) is 41.4 Å². The molecule has 2 aliphatic rings. The van der Waals surface area contributed by atoms with Crippen molar-refractivity contribution in [2.24, 2.45) is 11.8 Å². The first kappa shape index (κ1) is 15.5. The second kappa shape index (κ2) is 6.20. The molecule has 1 saturated carbocycles. The van der Waals surface area contributed by atoms with Gasteiger partial charge in [-0.15, -0.1) is 0 Å². The maximum atomic E-state index is 12.4. The molecule has 0 radical (unpaired) electrons. The first-order valence-electron chi connectivity index (χ1n) is 9.30. The normalized spacial score (nSPS) is 24.3. The number of carbonyl (C=O) groups excluding carboxylic acids is 1. The summed E-state index contributed by atoms with van der Waals surface area (Å²) in [6.45, 7) is 1.99. The molecule has 1 aliphatic carbocycles. The largest absolute Gasteiger partial charge is 0.445 e. The highest BCUT2D eigenvalue weighted by molar-refractivity contribution is 5.80. The Balaban J connectivity index is 1.22. The fourth-order valence-corrected chi connectivity index (χ4v) is 4.55. The Morgan fingerprint density at radius 1 is 1.12 bits per heavy atom. The number of benzene rings is 2. The number of hydrogen-bond donors (Lipinski definition) is 1. The van der Waals surface area contributed by atoms with Crippen LogP contribution in [-0.2, 0) is 11.3 Å². The lowest BCUT2D eigenvalue weighted by Gasteiger charge is -2.39. The van der Waals surface area contributed by atoms with Gasteiger partial charge >= 0.3 is 6.09 Å². The summed E-state index contributed by atoms with van der Waals surface area (Å²) in [7, 11) is 0. The fourth-order valence-electron chi connectivity index (χ4n) is 4.55. The molecule has 2 aromatic carbocycles. The monoisotopic (exact) mass is 346 g/mol. The predicted molar refractivity (Wildman–Crippen MR) is 101 cm³/mol. The van der Waals surface area contributed by atoms with Crippen LogP contribution in [0.15, 0.2) is 60.8 Å². The average Bonchev–Trinajstić information content (AvgIpc) is 3.25. The van der Waals surface area contributed by atoms with Gasteiger partial charge in [-0.3, -0.25) is 0 Å². The standard InChI is InChI=1S/C22H22N2O2/c25-22(26-14-15-4-2-1-3-5-15)24-12-18-10-19(20(18)13-24)17-7-6-16-8-9-23-21(16)11-17/h1-9,11,18-20,23H,10,12-14H2/t18-,19-,20+/m1/s1.